The number of halogens is 1. The van der Waals surface area contributed by atoms with Gasteiger partial charge in [-0.2, -0.15) is 0 Å². The molecule has 9 heteroatoms. The Kier molecular flexibility index (Phi) is 9.20. The van der Waals surface area contributed by atoms with E-state index in [9.17, 15) is 14.4 Å². The first-order chi connectivity index (χ1) is 18.4. The van der Waals surface area contributed by atoms with Crippen LogP contribution in [0.2, 0.25) is 5.02 Å². The number of hydrogen-bond acceptors (Lipinski definition) is 6. The number of unbranched alkanes of at least 4 members (excludes halogenated alkanes) is 2. The second-order valence-corrected chi connectivity index (χ2v) is 10.0. The minimum Gasteiger partial charge on any atom is -0.495 e. The van der Waals surface area contributed by atoms with Gasteiger partial charge in [0.05, 0.1) is 34.5 Å². The van der Waals surface area contributed by atoms with E-state index in [1.807, 2.05) is 6.07 Å². The number of aromatic nitrogens is 2. The normalized spacial score (nSPS) is 10.9. The van der Waals surface area contributed by atoms with Crippen molar-refractivity contribution in [3.8, 4) is 11.4 Å². The minimum atomic E-state index is -0.259. The van der Waals surface area contributed by atoms with Crippen LogP contribution in [0.1, 0.15) is 43.0 Å². The summed E-state index contributed by atoms with van der Waals surface area (Å²) in [6, 6.07) is 18.9. The van der Waals surface area contributed by atoms with E-state index < -0.39 is 0 Å². The number of thioether (sulfide) groups is 1. The van der Waals surface area contributed by atoms with Crippen molar-refractivity contribution >= 4 is 51.6 Å². The highest BCUT2D eigenvalue weighted by atomic mass is 35.5. The number of ketones is 1. The number of carbonyl (C=O) groups excluding carboxylic acids is 2. The van der Waals surface area contributed by atoms with Crippen molar-refractivity contribution in [3.05, 3.63) is 87.7 Å². The Morgan fingerprint density at radius 1 is 1.05 bits per heavy atom. The highest BCUT2D eigenvalue weighted by Gasteiger charge is 2.17. The molecule has 0 aliphatic carbocycles. The number of carbonyl (C=O) groups is 2. The zero-order valence-electron chi connectivity index (χ0n) is 21.2. The lowest BCUT2D eigenvalue weighted by Gasteiger charge is -2.14. The summed E-state index contributed by atoms with van der Waals surface area (Å²) in [7, 11) is 1.52. The van der Waals surface area contributed by atoms with Crippen LogP contribution in [0.3, 0.4) is 0 Å². The van der Waals surface area contributed by atoms with Crippen LogP contribution in [0.15, 0.2) is 76.7 Å². The summed E-state index contributed by atoms with van der Waals surface area (Å²) in [6.07, 6.45) is 3.41. The largest absolute Gasteiger partial charge is 0.495 e. The van der Waals surface area contributed by atoms with Gasteiger partial charge in [0.25, 0.3) is 5.56 Å². The average Bonchev–Trinajstić information content (AvgIpc) is 2.92. The van der Waals surface area contributed by atoms with E-state index in [4.69, 9.17) is 16.3 Å². The molecule has 0 atom stereocenters. The van der Waals surface area contributed by atoms with Gasteiger partial charge in [-0.05, 0) is 61.0 Å². The Hall–Kier alpha value is -3.62. The second-order valence-electron chi connectivity index (χ2n) is 8.67. The second kappa shape index (κ2) is 12.8. The third-order valence-corrected chi connectivity index (χ3v) is 7.20. The van der Waals surface area contributed by atoms with Gasteiger partial charge >= 0.3 is 0 Å². The monoisotopic (exact) mass is 549 g/mol. The SMILES string of the molecule is CCCCCC(=O)Nc1ccc(C(=O)CSc2nc3ccccc3c(=O)n2-c2ccc(OC)c(Cl)c2)cc1. The molecule has 0 unspecified atom stereocenters. The third kappa shape index (κ3) is 6.44. The summed E-state index contributed by atoms with van der Waals surface area (Å²) >= 11 is 7.51. The van der Waals surface area contributed by atoms with Gasteiger partial charge in [0.15, 0.2) is 10.9 Å². The summed E-state index contributed by atoms with van der Waals surface area (Å²) < 4.78 is 6.70. The van der Waals surface area contributed by atoms with Crippen LogP contribution in [0.5, 0.6) is 5.75 Å². The molecule has 1 amide bonds. The first-order valence-electron chi connectivity index (χ1n) is 12.3. The van der Waals surface area contributed by atoms with Gasteiger partial charge < -0.3 is 10.1 Å². The molecular formula is C29H28ClN3O4S. The quantitative estimate of drug-likeness (QED) is 0.0988. The molecule has 1 N–H and O–H groups in total. The van der Waals surface area contributed by atoms with E-state index in [0.717, 1.165) is 19.3 Å². The predicted octanol–water partition coefficient (Wildman–Crippen LogP) is 6.54. The number of ether oxygens (including phenoxy) is 1. The number of nitrogens with zero attached hydrogens (tertiary/aromatic N) is 2. The fourth-order valence-corrected chi connectivity index (χ4v) is 5.10. The highest BCUT2D eigenvalue weighted by Crippen LogP contribution is 2.29. The lowest BCUT2D eigenvalue weighted by atomic mass is 10.1. The van der Waals surface area contributed by atoms with E-state index in [2.05, 4.69) is 17.2 Å². The maximum atomic E-state index is 13.5. The standard InChI is InChI=1S/C29H28ClN3O4S/c1-3-4-5-10-27(35)31-20-13-11-19(12-14-20)25(34)18-38-29-32-24-9-7-6-8-22(24)28(36)33(29)21-15-16-26(37-2)23(30)17-21/h6-9,11-17H,3-5,10,18H2,1-2H3,(H,31,35). The molecule has 196 valence electrons. The van der Waals surface area contributed by atoms with Gasteiger partial charge in [-0.3, -0.25) is 19.0 Å². The summed E-state index contributed by atoms with van der Waals surface area (Å²) in [5, 5.41) is 4.05. The first-order valence-corrected chi connectivity index (χ1v) is 13.7. The Balaban J connectivity index is 1.55. The molecular weight excluding hydrogens is 522 g/mol. The Morgan fingerprint density at radius 2 is 1.82 bits per heavy atom. The molecule has 4 rings (SSSR count). The molecule has 4 aromatic rings. The fourth-order valence-electron chi connectivity index (χ4n) is 3.94. The number of methoxy groups -OCH3 is 1. The molecule has 0 fully saturated rings. The lowest BCUT2D eigenvalue weighted by Crippen LogP contribution is -2.22. The van der Waals surface area contributed by atoms with Gasteiger partial charge in [-0.1, -0.05) is 55.3 Å². The third-order valence-electron chi connectivity index (χ3n) is 5.97. The van der Waals surface area contributed by atoms with Crippen molar-refractivity contribution in [2.75, 3.05) is 18.2 Å². The first kappa shape index (κ1) is 27.4. The number of benzene rings is 3. The highest BCUT2D eigenvalue weighted by molar-refractivity contribution is 7.99. The van der Waals surface area contributed by atoms with Crippen LogP contribution in [0, 0.1) is 0 Å². The molecule has 0 radical (unpaired) electrons. The van der Waals surface area contributed by atoms with Gasteiger partial charge in [0.2, 0.25) is 5.91 Å². The number of nitrogens with one attached hydrogen (secondary N) is 1. The van der Waals surface area contributed by atoms with Crippen molar-refractivity contribution in [2.24, 2.45) is 0 Å². The van der Waals surface area contributed by atoms with E-state index >= 15 is 0 Å². The topological polar surface area (TPSA) is 90.3 Å². The number of Topliss-reactive ketones (excluding diaryl/α,β-unsaturated/α-hetero) is 1. The van der Waals surface area contributed by atoms with Crippen molar-refractivity contribution < 1.29 is 14.3 Å². The Labute approximate surface area is 230 Å². The summed E-state index contributed by atoms with van der Waals surface area (Å²) in [4.78, 5) is 43.2. The van der Waals surface area contributed by atoms with E-state index in [0.29, 0.717) is 50.2 Å². The molecule has 0 aliphatic rings. The van der Waals surface area contributed by atoms with Gasteiger partial charge in [-0.15, -0.1) is 0 Å². The maximum Gasteiger partial charge on any atom is 0.266 e. The molecule has 0 bridgehead atoms. The molecule has 7 nitrogen and oxygen atoms in total. The van der Waals surface area contributed by atoms with Crippen LogP contribution in [0.25, 0.3) is 16.6 Å². The van der Waals surface area contributed by atoms with Crippen molar-refractivity contribution in [3.63, 3.8) is 0 Å². The summed E-state index contributed by atoms with van der Waals surface area (Å²) in [5.74, 6) is 0.393. The Bertz CT molecular complexity index is 1520. The number of para-hydroxylation sites is 1. The van der Waals surface area contributed by atoms with Gasteiger partial charge in [0, 0.05) is 17.7 Å². The van der Waals surface area contributed by atoms with E-state index in [1.165, 1.54) is 23.4 Å². The number of hydrogen-bond donors (Lipinski definition) is 1. The van der Waals surface area contributed by atoms with Crippen LogP contribution in [-0.4, -0.2) is 34.1 Å². The zero-order chi connectivity index (χ0) is 27.1. The zero-order valence-corrected chi connectivity index (χ0v) is 22.8. The molecule has 1 heterocycles. The lowest BCUT2D eigenvalue weighted by molar-refractivity contribution is -0.116. The van der Waals surface area contributed by atoms with Crippen molar-refractivity contribution in [1.29, 1.82) is 0 Å². The minimum absolute atomic E-state index is 0.0351. The number of amides is 1. The molecule has 1 aromatic heterocycles. The predicted molar refractivity (Wildman–Crippen MR) is 153 cm³/mol. The molecule has 0 saturated carbocycles. The molecule has 3 aromatic carbocycles. The average molecular weight is 550 g/mol. The molecule has 38 heavy (non-hydrogen) atoms. The molecule has 0 saturated heterocycles. The summed E-state index contributed by atoms with van der Waals surface area (Å²) in [6.45, 7) is 2.09. The fraction of sp³-hybridized carbons (Fsp3) is 0.241. The van der Waals surface area contributed by atoms with Crippen LogP contribution in [-0.2, 0) is 4.79 Å². The van der Waals surface area contributed by atoms with Crippen molar-refractivity contribution in [1.82, 2.24) is 9.55 Å². The van der Waals surface area contributed by atoms with Crippen LogP contribution < -0.4 is 15.6 Å². The van der Waals surface area contributed by atoms with Crippen molar-refractivity contribution in [2.45, 2.75) is 37.8 Å². The molecule has 0 aliphatic heterocycles. The van der Waals surface area contributed by atoms with Crippen LogP contribution in [0.4, 0.5) is 5.69 Å². The molecule has 0 spiro atoms. The maximum absolute atomic E-state index is 13.5. The number of rotatable bonds is 11. The van der Waals surface area contributed by atoms with E-state index in [-0.39, 0.29) is 23.0 Å². The van der Waals surface area contributed by atoms with E-state index in [1.54, 1.807) is 60.7 Å². The Morgan fingerprint density at radius 3 is 2.53 bits per heavy atom. The van der Waals surface area contributed by atoms with Crippen LogP contribution >= 0.6 is 23.4 Å². The van der Waals surface area contributed by atoms with Gasteiger partial charge in [0.1, 0.15) is 5.75 Å². The van der Waals surface area contributed by atoms with Gasteiger partial charge in [-0.25, -0.2) is 4.98 Å². The summed E-state index contributed by atoms with van der Waals surface area (Å²) in [5.41, 5.74) is 1.96. The number of anilines is 1. The smallest absolute Gasteiger partial charge is 0.266 e. The number of fused-ring (bicyclic) bond motifs is 1.